The van der Waals surface area contributed by atoms with E-state index in [1.807, 2.05) is 24.3 Å². The number of nitrogens with one attached hydrogen (secondary N) is 2. The Labute approximate surface area is 185 Å². The van der Waals surface area contributed by atoms with E-state index in [0.29, 0.717) is 29.2 Å². The van der Waals surface area contributed by atoms with Crippen molar-refractivity contribution in [2.24, 2.45) is 0 Å². The molecule has 0 saturated heterocycles. The van der Waals surface area contributed by atoms with Gasteiger partial charge >= 0.3 is 6.03 Å². The van der Waals surface area contributed by atoms with Crippen molar-refractivity contribution in [3.8, 4) is 0 Å². The molecular weight excluding hydrogens is 464 g/mol. The SMILES string of the molecule is CN1C(=O)N(c2ccccc2Br)Cc2cnc(Nc3ccc4c(c3)C(=O)NC4=O)nc21. The number of imide groups is 1. The Morgan fingerprint density at radius 3 is 2.65 bits per heavy atom. The Hall–Kier alpha value is -3.79. The molecule has 31 heavy (non-hydrogen) atoms. The van der Waals surface area contributed by atoms with Crippen molar-refractivity contribution >= 4 is 56.9 Å². The van der Waals surface area contributed by atoms with Gasteiger partial charge in [0.1, 0.15) is 5.82 Å². The number of anilines is 4. The molecule has 3 heterocycles. The second-order valence-corrected chi connectivity index (χ2v) is 7.94. The lowest BCUT2D eigenvalue weighted by Crippen LogP contribution is -2.46. The van der Waals surface area contributed by atoms with Crippen molar-refractivity contribution < 1.29 is 14.4 Å². The van der Waals surface area contributed by atoms with Crippen LogP contribution in [-0.2, 0) is 6.54 Å². The fourth-order valence-corrected chi connectivity index (χ4v) is 4.10. The molecule has 0 spiro atoms. The molecule has 4 amide bonds. The Bertz CT molecular complexity index is 1280. The highest BCUT2D eigenvalue weighted by Gasteiger charge is 2.32. The van der Waals surface area contributed by atoms with E-state index in [9.17, 15) is 14.4 Å². The van der Waals surface area contributed by atoms with E-state index in [-0.39, 0.29) is 12.0 Å². The number of para-hydroxylation sites is 1. The summed E-state index contributed by atoms with van der Waals surface area (Å²) in [6, 6.07) is 12.1. The molecule has 2 aliphatic rings. The van der Waals surface area contributed by atoms with Crippen molar-refractivity contribution in [3.05, 3.63) is 69.8 Å². The number of benzene rings is 2. The smallest absolute Gasteiger partial charge is 0.324 e. The van der Waals surface area contributed by atoms with Crippen LogP contribution in [0.1, 0.15) is 26.3 Å². The fraction of sp³-hybridized carbons (Fsp3) is 0.0952. The van der Waals surface area contributed by atoms with Crippen molar-refractivity contribution in [1.82, 2.24) is 15.3 Å². The molecule has 154 valence electrons. The van der Waals surface area contributed by atoms with Gasteiger partial charge in [-0.15, -0.1) is 0 Å². The third kappa shape index (κ3) is 3.21. The summed E-state index contributed by atoms with van der Waals surface area (Å²) >= 11 is 3.49. The maximum Gasteiger partial charge on any atom is 0.330 e. The molecule has 0 saturated carbocycles. The first-order valence-corrected chi connectivity index (χ1v) is 10.1. The van der Waals surface area contributed by atoms with E-state index in [1.165, 1.54) is 4.90 Å². The fourth-order valence-electron chi connectivity index (χ4n) is 3.60. The van der Waals surface area contributed by atoms with Gasteiger partial charge in [-0.3, -0.25) is 24.7 Å². The molecule has 2 aromatic carbocycles. The summed E-state index contributed by atoms with van der Waals surface area (Å²) in [6.07, 6.45) is 1.67. The summed E-state index contributed by atoms with van der Waals surface area (Å²) in [5.41, 5.74) is 2.74. The van der Waals surface area contributed by atoms with Crippen LogP contribution in [0.15, 0.2) is 53.1 Å². The molecule has 2 aliphatic heterocycles. The summed E-state index contributed by atoms with van der Waals surface area (Å²) < 4.78 is 0.818. The maximum absolute atomic E-state index is 13.0. The molecule has 1 aromatic heterocycles. The molecule has 0 fully saturated rings. The topological polar surface area (TPSA) is 108 Å². The number of halogens is 1. The quantitative estimate of drug-likeness (QED) is 0.558. The zero-order valence-corrected chi connectivity index (χ0v) is 17.8. The monoisotopic (exact) mass is 478 g/mol. The number of aromatic nitrogens is 2. The number of nitrogens with zero attached hydrogens (tertiary/aromatic N) is 4. The summed E-state index contributed by atoms with van der Waals surface area (Å²) in [6.45, 7) is 0.336. The third-order valence-electron chi connectivity index (χ3n) is 5.14. The number of urea groups is 1. The minimum absolute atomic E-state index is 0.211. The molecule has 10 heteroatoms. The molecular formula is C21H15BrN6O3. The van der Waals surface area contributed by atoms with Crippen molar-refractivity contribution in [2.45, 2.75) is 6.54 Å². The second kappa shape index (κ2) is 7.17. The number of fused-ring (bicyclic) bond motifs is 2. The standard InChI is InChI=1S/C21H15BrN6O3/c1-27-17-11(10-28(21(27)31)16-5-3-2-4-15(16)22)9-23-20(25-17)24-12-6-7-13-14(8-12)19(30)26-18(13)29/h2-9H,10H2,1H3,(H,23,24,25)(H,26,29,30). The number of hydrogen-bond donors (Lipinski definition) is 2. The van der Waals surface area contributed by atoms with Gasteiger partial charge in [0.2, 0.25) is 5.95 Å². The Morgan fingerprint density at radius 2 is 1.84 bits per heavy atom. The Morgan fingerprint density at radius 1 is 1.06 bits per heavy atom. The van der Waals surface area contributed by atoms with Crippen LogP contribution < -0.4 is 20.4 Å². The number of rotatable bonds is 3. The lowest BCUT2D eigenvalue weighted by Gasteiger charge is -2.34. The highest BCUT2D eigenvalue weighted by molar-refractivity contribution is 9.10. The number of hydrogen-bond acceptors (Lipinski definition) is 6. The van der Waals surface area contributed by atoms with E-state index >= 15 is 0 Å². The third-order valence-corrected chi connectivity index (χ3v) is 5.81. The van der Waals surface area contributed by atoms with Crippen LogP contribution in [0.5, 0.6) is 0 Å². The molecule has 5 rings (SSSR count). The van der Waals surface area contributed by atoms with Gasteiger partial charge in [-0.05, 0) is 46.3 Å². The highest BCUT2D eigenvalue weighted by atomic mass is 79.9. The minimum atomic E-state index is -0.437. The van der Waals surface area contributed by atoms with Gasteiger partial charge in [0.25, 0.3) is 11.8 Å². The molecule has 0 bridgehead atoms. The van der Waals surface area contributed by atoms with E-state index in [4.69, 9.17) is 0 Å². The van der Waals surface area contributed by atoms with E-state index in [2.05, 4.69) is 36.5 Å². The lowest BCUT2D eigenvalue weighted by atomic mass is 10.1. The lowest BCUT2D eigenvalue weighted by molar-refractivity contribution is 0.0879. The highest BCUT2D eigenvalue weighted by Crippen LogP contribution is 2.34. The van der Waals surface area contributed by atoms with Crippen LogP contribution in [0, 0.1) is 0 Å². The van der Waals surface area contributed by atoms with Gasteiger partial charge in [0, 0.05) is 29.0 Å². The molecule has 0 unspecified atom stereocenters. The number of carbonyl (C=O) groups is 3. The van der Waals surface area contributed by atoms with Gasteiger partial charge in [-0.25, -0.2) is 9.78 Å². The first-order chi connectivity index (χ1) is 14.9. The van der Waals surface area contributed by atoms with Crippen LogP contribution in [0.2, 0.25) is 0 Å². The first kappa shape index (κ1) is 19.2. The van der Waals surface area contributed by atoms with E-state index in [1.54, 1.807) is 36.3 Å². The van der Waals surface area contributed by atoms with Gasteiger partial charge in [0.15, 0.2) is 0 Å². The van der Waals surface area contributed by atoms with Gasteiger partial charge in [-0.2, -0.15) is 4.98 Å². The second-order valence-electron chi connectivity index (χ2n) is 7.09. The predicted octanol–water partition coefficient (Wildman–Crippen LogP) is 3.44. The molecule has 3 aromatic rings. The summed E-state index contributed by atoms with van der Waals surface area (Å²) in [7, 11) is 1.66. The molecule has 0 aliphatic carbocycles. The molecule has 0 atom stereocenters. The van der Waals surface area contributed by atoms with Crippen molar-refractivity contribution in [1.29, 1.82) is 0 Å². The zero-order valence-electron chi connectivity index (χ0n) is 16.2. The van der Waals surface area contributed by atoms with Gasteiger partial charge in [0.05, 0.1) is 23.4 Å². The van der Waals surface area contributed by atoms with Crippen LogP contribution in [0.4, 0.5) is 27.9 Å². The largest absolute Gasteiger partial charge is 0.330 e. The van der Waals surface area contributed by atoms with E-state index < -0.39 is 11.8 Å². The maximum atomic E-state index is 13.0. The van der Waals surface area contributed by atoms with Crippen LogP contribution >= 0.6 is 15.9 Å². The average Bonchev–Trinajstić information content (AvgIpc) is 3.05. The average molecular weight is 479 g/mol. The number of amides is 4. The van der Waals surface area contributed by atoms with Gasteiger partial charge < -0.3 is 5.32 Å². The zero-order chi connectivity index (χ0) is 21.7. The van der Waals surface area contributed by atoms with Crippen LogP contribution in [0.3, 0.4) is 0 Å². The first-order valence-electron chi connectivity index (χ1n) is 9.35. The normalized spacial score (nSPS) is 15.0. The molecule has 9 nitrogen and oxygen atoms in total. The van der Waals surface area contributed by atoms with Gasteiger partial charge in [-0.1, -0.05) is 12.1 Å². The van der Waals surface area contributed by atoms with Crippen LogP contribution in [0.25, 0.3) is 0 Å². The molecule has 0 radical (unpaired) electrons. The van der Waals surface area contributed by atoms with Crippen LogP contribution in [-0.4, -0.2) is 34.9 Å². The minimum Gasteiger partial charge on any atom is -0.324 e. The number of carbonyl (C=O) groups excluding carboxylic acids is 3. The Balaban J connectivity index is 1.44. The predicted molar refractivity (Wildman–Crippen MR) is 118 cm³/mol. The Kier molecular flexibility index (Phi) is 4.44. The molecule has 2 N–H and O–H groups in total. The summed E-state index contributed by atoms with van der Waals surface area (Å²) in [5.74, 6) is -0.0730. The summed E-state index contributed by atoms with van der Waals surface area (Å²) in [4.78, 5) is 48.5. The van der Waals surface area contributed by atoms with Crippen molar-refractivity contribution in [3.63, 3.8) is 0 Å². The summed E-state index contributed by atoms with van der Waals surface area (Å²) in [5, 5.41) is 5.29. The van der Waals surface area contributed by atoms with E-state index in [0.717, 1.165) is 15.7 Å². The van der Waals surface area contributed by atoms with Crippen molar-refractivity contribution in [2.75, 3.05) is 22.2 Å².